The van der Waals surface area contributed by atoms with E-state index >= 15 is 0 Å². The van der Waals surface area contributed by atoms with Crippen LogP contribution in [0.1, 0.15) is 31.0 Å². The number of hydrogen-bond acceptors (Lipinski definition) is 5. The highest BCUT2D eigenvalue weighted by molar-refractivity contribution is 5.42. The van der Waals surface area contributed by atoms with Gasteiger partial charge < -0.3 is 14.6 Å². The van der Waals surface area contributed by atoms with Gasteiger partial charge in [0.2, 0.25) is 5.89 Å². The van der Waals surface area contributed by atoms with Crippen molar-refractivity contribution in [1.82, 2.24) is 10.1 Å². The Labute approximate surface area is 124 Å². The molecule has 3 rings (SSSR count). The van der Waals surface area contributed by atoms with E-state index in [-0.39, 0.29) is 6.10 Å². The average Bonchev–Trinajstić information content (AvgIpc) is 3.17. The normalized spacial score (nSPS) is 18.0. The number of para-hydroxylation sites is 1. The third-order valence-electron chi connectivity index (χ3n) is 3.61. The first kappa shape index (κ1) is 14.1. The van der Waals surface area contributed by atoms with Crippen LogP contribution in [0.5, 0.6) is 0 Å². The fraction of sp³-hybridized carbons (Fsp3) is 0.500. The van der Waals surface area contributed by atoms with Crippen LogP contribution in [-0.2, 0) is 17.6 Å². The van der Waals surface area contributed by atoms with Gasteiger partial charge in [-0.3, -0.25) is 0 Å². The lowest BCUT2D eigenvalue weighted by atomic mass is 10.2. The second-order valence-electron chi connectivity index (χ2n) is 5.34. The molecule has 1 aliphatic rings. The summed E-state index contributed by atoms with van der Waals surface area (Å²) in [6.45, 7) is 1.76. The standard InChI is InChI=1S/C16H21N3O2/c1-2-6-13(7-3-1)17-10-4-9-16-18-15(19-21-16)12-14-8-5-11-20-14/h1-3,6-7,14,17H,4-5,8-12H2. The molecule has 5 heteroatoms. The maximum absolute atomic E-state index is 5.58. The van der Waals surface area contributed by atoms with E-state index in [2.05, 4.69) is 27.6 Å². The topological polar surface area (TPSA) is 60.2 Å². The molecule has 0 radical (unpaired) electrons. The summed E-state index contributed by atoms with van der Waals surface area (Å²) in [5, 5.41) is 7.40. The van der Waals surface area contributed by atoms with Crippen molar-refractivity contribution < 1.29 is 9.26 Å². The summed E-state index contributed by atoms with van der Waals surface area (Å²) in [6.07, 6.45) is 5.06. The molecule has 1 N–H and O–H groups in total. The molecule has 2 aromatic rings. The molecule has 1 saturated heterocycles. The van der Waals surface area contributed by atoms with Gasteiger partial charge in [0.15, 0.2) is 5.82 Å². The van der Waals surface area contributed by atoms with Crippen LogP contribution in [0.2, 0.25) is 0 Å². The minimum Gasteiger partial charge on any atom is -0.385 e. The number of nitrogens with zero attached hydrogens (tertiary/aromatic N) is 2. The van der Waals surface area contributed by atoms with Crippen LogP contribution in [0.4, 0.5) is 5.69 Å². The van der Waals surface area contributed by atoms with Crippen molar-refractivity contribution in [3.63, 3.8) is 0 Å². The van der Waals surface area contributed by atoms with Crippen molar-refractivity contribution in [3.05, 3.63) is 42.0 Å². The van der Waals surface area contributed by atoms with Gasteiger partial charge in [-0.05, 0) is 31.4 Å². The van der Waals surface area contributed by atoms with Crippen LogP contribution < -0.4 is 5.32 Å². The lowest BCUT2D eigenvalue weighted by Crippen LogP contribution is -2.10. The summed E-state index contributed by atoms with van der Waals surface area (Å²) in [4.78, 5) is 4.43. The molecule has 1 aliphatic heterocycles. The Morgan fingerprint density at radius 3 is 2.95 bits per heavy atom. The lowest BCUT2D eigenvalue weighted by Gasteiger charge is -2.04. The number of nitrogens with one attached hydrogen (secondary N) is 1. The largest absolute Gasteiger partial charge is 0.385 e. The zero-order chi connectivity index (χ0) is 14.3. The van der Waals surface area contributed by atoms with E-state index in [0.717, 1.165) is 62.7 Å². The summed E-state index contributed by atoms with van der Waals surface area (Å²) in [7, 11) is 0. The quantitative estimate of drug-likeness (QED) is 0.793. The van der Waals surface area contributed by atoms with Crippen molar-refractivity contribution in [2.24, 2.45) is 0 Å². The molecule has 0 aliphatic carbocycles. The minimum atomic E-state index is 0.273. The third kappa shape index (κ3) is 4.29. The number of aryl methyl sites for hydroxylation is 1. The minimum absolute atomic E-state index is 0.273. The second-order valence-corrected chi connectivity index (χ2v) is 5.34. The Balaban J connectivity index is 1.38. The van der Waals surface area contributed by atoms with Crippen molar-refractivity contribution in [1.29, 1.82) is 0 Å². The summed E-state index contributed by atoms with van der Waals surface area (Å²) in [5.41, 5.74) is 1.14. The Morgan fingerprint density at radius 2 is 2.14 bits per heavy atom. The van der Waals surface area contributed by atoms with Crippen LogP contribution in [-0.4, -0.2) is 29.4 Å². The maximum atomic E-state index is 5.58. The molecule has 0 spiro atoms. The first-order chi connectivity index (χ1) is 10.4. The number of ether oxygens (including phenoxy) is 1. The molecular formula is C16H21N3O2. The zero-order valence-electron chi connectivity index (χ0n) is 12.1. The van der Waals surface area contributed by atoms with Crippen molar-refractivity contribution >= 4 is 5.69 Å². The summed E-state index contributed by atoms with van der Waals surface area (Å²) in [5.74, 6) is 1.49. The SMILES string of the molecule is c1ccc(NCCCc2nc(CC3CCCO3)no2)cc1. The van der Waals surface area contributed by atoms with Gasteiger partial charge in [0, 0.05) is 31.7 Å². The van der Waals surface area contributed by atoms with Gasteiger partial charge in [0.1, 0.15) is 0 Å². The van der Waals surface area contributed by atoms with Gasteiger partial charge in [0.05, 0.1) is 6.10 Å². The molecule has 1 aromatic carbocycles. The molecule has 2 heterocycles. The number of benzene rings is 1. The smallest absolute Gasteiger partial charge is 0.226 e. The number of anilines is 1. The molecule has 21 heavy (non-hydrogen) atoms. The third-order valence-corrected chi connectivity index (χ3v) is 3.61. The van der Waals surface area contributed by atoms with Crippen molar-refractivity contribution in [2.75, 3.05) is 18.5 Å². The molecule has 1 atom stereocenters. The molecule has 0 bridgehead atoms. The number of aromatic nitrogens is 2. The van der Waals surface area contributed by atoms with Crippen molar-refractivity contribution in [3.8, 4) is 0 Å². The first-order valence-electron chi connectivity index (χ1n) is 7.62. The molecular weight excluding hydrogens is 266 g/mol. The molecule has 1 aromatic heterocycles. The maximum Gasteiger partial charge on any atom is 0.226 e. The lowest BCUT2D eigenvalue weighted by molar-refractivity contribution is 0.109. The fourth-order valence-corrected chi connectivity index (χ4v) is 2.51. The first-order valence-corrected chi connectivity index (χ1v) is 7.62. The number of rotatable bonds is 7. The Kier molecular flexibility index (Phi) is 4.84. The van der Waals surface area contributed by atoms with E-state index in [0.29, 0.717) is 0 Å². The van der Waals surface area contributed by atoms with E-state index in [4.69, 9.17) is 9.26 Å². The predicted octanol–water partition coefficient (Wildman–Crippen LogP) is 2.84. The molecule has 5 nitrogen and oxygen atoms in total. The van der Waals surface area contributed by atoms with Crippen LogP contribution in [0.3, 0.4) is 0 Å². The zero-order valence-corrected chi connectivity index (χ0v) is 12.1. The average molecular weight is 287 g/mol. The van der Waals surface area contributed by atoms with Crippen LogP contribution >= 0.6 is 0 Å². The molecule has 0 amide bonds. The molecule has 112 valence electrons. The summed E-state index contributed by atoms with van der Waals surface area (Å²) in [6, 6.07) is 10.2. The van der Waals surface area contributed by atoms with E-state index in [1.165, 1.54) is 0 Å². The highest BCUT2D eigenvalue weighted by atomic mass is 16.5. The van der Waals surface area contributed by atoms with Gasteiger partial charge in [-0.1, -0.05) is 23.4 Å². The van der Waals surface area contributed by atoms with E-state index in [9.17, 15) is 0 Å². The van der Waals surface area contributed by atoms with Gasteiger partial charge in [-0.2, -0.15) is 4.98 Å². The Hall–Kier alpha value is -1.88. The van der Waals surface area contributed by atoms with E-state index < -0.39 is 0 Å². The predicted molar refractivity (Wildman–Crippen MR) is 80.2 cm³/mol. The van der Waals surface area contributed by atoms with Gasteiger partial charge >= 0.3 is 0 Å². The highest BCUT2D eigenvalue weighted by Crippen LogP contribution is 2.16. The van der Waals surface area contributed by atoms with Gasteiger partial charge in [-0.15, -0.1) is 0 Å². The van der Waals surface area contributed by atoms with E-state index in [1.807, 2.05) is 18.2 Å². The Morgan fingerprint density at radius 1 is 1.24 bits per heavy atom. The fourth-order valence-electron chi connectivity index (χ4n) is 2.51. The van der Waals surface area contributed by atoms with Gasteiger partial charge in [-0.25, -0.2) is 0 Å². The van der Waals surface area contributed by atoms with Crippen LogP contribution in [0.25, 0.3) is 0 Å². The molecule has 0 saturated carbocycles. The summed E-state index contributed by atoms with van der Waals surface area (Å²) < 4.78 is 10.9. The van der Waals surface area contributed by atoms with Crippen molar-refractivity contribution in [2.45, 2.75) is 38.2 Å². The van der Waals surface area contributed by atoms with Crippen LogP contribution in [0.15, 0.2) is 34.9 Å². The highest BCUT2D eigenvalue weighted by Gasteiger charge is 2.18. The van der Waals surface area contributed by atoms with Crippen LogP contribution in [0, 0.1) is 0 Å². The van der Waals surface area contributed by atoms with E-state index in [1.54, 1.807) is 0 Å². The van der Waals surface area contributed by atoms with Gasteiger partial charge in [0.25, 0.3) is 0 Å². The Bertz CT molecular complexity index is 535. The number of hydrogen-bond donors (Lipinski definition) is 1. The molecule has 1 unspecified atom stereocenters. The summed E-state index contributed by atoms with van der Waals surface area (Å²) >= 11 is 0. The molecule has 1 fully saturated rings. The second kappa shape index (κ2) is 7.22. The monoisotopic (exact) mass is 287 g/mol.